The molecule has 244 valence electrons. The first-order valence-corrected chi connectivity index (χ1v) is 15.2. The number of halogens is 6. The number of amidine groups is 2. The number of anilines is 2. The Hall–Kier alpha value is -3.31. The van der Waals surface area contributed by atoms with E-state index in [2.05, 4.69) is 25.8 Å². The van der Waals surface area contributed by atoms with Gasteiger partial charge < -0.3 is 15.4 Å². The molecule has 3 N–H and O–H groups in total. The van der Waals surface area contributed by atoms with E-state index in [1.54, 1.807) is 19.1 Å². The van der Waals surface area contributed by atoms with Crippen molar-refractivity contribution in [3.05, 3.63) is 71.6 Å². The second kappa shape index (κ2) is 15.3. The van der Waals surface area contributed by atoms with Gasteiger partial charge in [-0.05, 0) is 48.7 Å². The van der Waals surface area contributed by atoms with Crippen LogP contribution in [0, 0.1) is 0 Å². The maximum Gasteiger partial charge on any atom is 0.422 e. The van der Waals surface area contributed by atoms with Gasteiger partial charge in [0, 0.05) is 49.8 Å². The lowest BCUT2D eigenvalue weighted by molar-refractivity contribution is -0.156. The lowest BCUT2D eigenvalue weighted by Gasteiger charge is -2.35. The summed E-state index contributed by atoms with van der Waals surface area (Å²) in [5.41, 5.74) is 1.70. The standard InChI is InChI=1S/C30H34F5IN6O3/c1-3-26(43)39-21-9-7-19(8-10-21)27(45-36)42-15-13-22(14-16-42)37-24-11-12-25(41-28(40-24)44-18-30(33,34)35)38-23-6-4-5-20(17-23)29(2,31)32/h4-10,12,17,22,27,38H,3,11,13-16,18H2,1-2H3,(H,39,43)(H,37,40,41). The quantitative estimate of drug-likeness (QED) is 0.175. The predicted octanol–water partition coefficient (Wildman–Crippen LogP) is 7.26. The number of alkyl halides is 5. The van der Waals surface area contributed by atoms with Gasteiger partial charge in [0.1, 0.15) is 40.9 Å². The van der Waals surface area contributed by atoms with Gasteiger partial charge in [-0.2, -0.15) is 18.2 Å². The molecule has 9 nitrogen and oxygen atoms in total. The largest absolute Gasteiger partial charge is 0.455 e. The molecule has 1 fully saturated rings. The summed E-state index contributed by atoms with van der Waals surface area (Å²) in [6.07, 6.45) is -1.41. The van der Waals surface area contributed by atoms with Crippen molar-refractivity contribution >= 4 is 52.1 Å². The normalized spacial score (nSPS) is 18.4. The summed E-state index contributed by atoms with van der Waals surface area (Å²) in [7, 11) is 0. The van der Waals surface area contributed by atoms with Crippen molar-refractivity contribution in [2.45, 2.75) is 63.9 Å². The number of nitrogens with zero attached hydrogens (tertiary/aromatic N) is 3. The van der Waals surface area contributed by atoms with Crippen molar-refractivity contribution in [1.29, 1.82) is 0 Å². The number of hydrogen-bond acceptors (Lipinski definition) is 7. The first kappa shape index (κ1) is 34.6. The number of hydrogen-bond donors (Lipinski definition) is 3. The molecule has 0 aliphatic carbocycles. The number of likely N-dealkylation sites (tertiary alicyclic amines) is 1. The minimum absolute atomic E-state index is 0.0707. The molecule has 1 atom stereocenters. The van der Waals surface area contributed by atoms with Crippen LogP contribution in [-0.2, 0) is 18.5 Å². The highest BCUT2D eigenvalue weighted by atomic mass is 127. The third-order valence-corrected chi connectivity index (χ3v) is 7.51. The van der Waals surface area contributed by atoms with E-state index in [1.165, 1.54) is 18.2 Å². The number of nitrogens with one attached hydrogen (secondary N) is 3. The minimum Gasteiger partial charge on any atom is -0.455 e. The van der Waals surface area contributed by atoms with E-state index in [4.69, 9.17) is 12.8 Å². The molecule has 2 aliphatic rings. The molecule has 0 saturated carbocycles. The van der Waals surface area contributed by atoms with Crippen LogP contribution in [0.2, 0.25) is 0 Å². The summed E-state index contributed by atoms with van der Waals surface area (Å²) >= 11 is 1.87. The van der Waals surface area contributed by atoms with Crippen molar-refractivity contribution < 1.29 is 34.5 Å². The van der Waals surface area contributed by atoms with Crippen LogP contribution in [0.1, 0.15) is 56.9 Å². The highest BCUT2D eigenvalue weighted by Crippen LogP contribution is 2.31. The Bertz CT molecular complexity index is 1400. The number of rotatable bonds is 10. The molecule has 45 heavy (non-hydrogen) atoms. The summed E-state index contributed by atoms with van der Waals surface area (Å²) in [6.45, 7) is 2.29. The van der Waals surface area contributed by atoms with Crippen LogP contribution in [0.3, 0.4) is 0 Å². The number of piperidine rings is 1. The number of aliphatic imine (C=N–C) groups is 2. The van der Waals surface area contributed by atoms with E-state index in [0.29, 0.717) is 49.6 Å². The highest BCUT2D eigenvalue weighted by Gasteiger charge is 2.31. The molecule has 2 aromatic carbocycles. The fourth-order valence-corrected chi connectivity index (χ4v) is 5.34. The van der Waals surface area contributed by atoms with Crippen LogP contribution in [0.15, 0.2) is 70.4 Å². The minimum atomic E-state index is -4.60. The Morgan fingerprint density at radius 3 is 2.47 bits per heavy atom. The van der Waals surface area contributed by atoms with Crippen LogP contribution in [0.25, 0.3) is 0 Å². The van der Waals surface area contributed by atoms with Crippen LogP contribution in [0.5, 0.6) is 0 Å². The first-order valence-electron chi connectivity index (χ1n) is 14.3. The molecule has 2 aromatic rings. The van der Waals surface area contributed by atoms with Crippen LogP contribution >= 0.6 is 23.0 Å². The van der Waals surface area contributed by atoms with E-state index in [9.17, 15) is 26.7 Å². The van der Waals surface area contributed by atoms with E-state index >= 15 is 0 Å². The Labute approximate surface area is 272 Å². The lowest BCUT2D eigenvalue weighted by Crippen LogP contribution is -2.40. The fraction of sp³-hybridized carbons (Fsp3) is 0.433. The third-order valence-electron chi connectivity index (χ3n) is 7.03. The SMILES string of the molecule is CCC(=O)Nc1ccc(C(OI)N2CCC(N=C3CC=C(Nc4cccc(C(C)(F)F)c4)N=C(OCC(F)(F)F)N3)CC2)cc1. The maximum atomic E-state index is 13.8. The molecule has 2 aliphatic heterocycles. The molecule has 1 unspecified atom stereocenters. The summed E-state index contributed by atoms with van der Waals surface area (Å²) in [5, 5.41) is 8.48. The average molecular weight is 749 g/mol. The average Bonchev–Trinajstić information content (AvgIpc) is 3.19. The van der Waals surface area contributed by atoms with Gasteiger partial charge in [-0.25, -0.2) is 8.78 Å². The molecular formula is C30H34F5IN6O3. The zero-order chi connectivity index (χ0) is 32.6. The lowest BCUT2D eigenvalue weighted by atomic mass is 10.0. The molecule has 0 bridgehead atoms. The van der Waals surface area contributed by atoms with Gasteiger partial charge in [0.15, 0.2) is 6.61 Å². The highest BCUT2D eigenvalue weighted by molar-refractivity contribution is 14.1. The number of carbonyl (C=O) groups is 1. The van der Waals surface area contributed by atoms with Crippen LogP contribution in [-0.4, -0.2) is 54.6 Å². The van der Waals surface area contributed by atoms with Gasteiger partial charge in [-0.3, -0.25) is 23.1 Å². The van der Waals surface area contributed by atoms with Crippen molar-refractivity contribution in [3.8, 4) is 0 Å². The van der Waals surface area contributed by atoms with Crippen molar-refractivity contribution in [2.24, 2.45) is 9.98 Å². The van der Waals surface area contributed by atoms with Crippen LogP contribution < -0.4 is 16.0 Å². The zero-order valence-corrected chi connectivity index (χ0v) is 26.8. The molecule has 1 amide bonds. The van der Waals surface area contributed by atoms with E-state index in [0.717, 1.165) is 12.5 Å². The van der Waals surface area contributed by atoms with Crippen molar-refractivity contribution in [1.82, 2.24) is 10.2 Å². The van der Waals surface area contributed by atoms with Crippen molar-refractivity contribution in [3.63, 3.8) is 0 Å². The Morgan fingerprint density at radius 2 is 1.84 bits per heavy atom. The third kappa shape index (κ3) is 10.6. The second-order valence-electron chi connectivity index (χ2n) is 10.6. The van der Waals surface area contributed by atoms with E-state index in [1.807, 2.05) is 47.3 Å². The summed E-state index contributed by atoms with van der Waals surface area (Å²) < 4.78 is 77.2. The number of amides is 1. The number of ether oxygens (including phenoxy) is 1. The molecule has 2 heterocycles. The van der Waals surface area contributed by atoms with Gasteiger partial charge in [-0.15, -0.1) is 0 Å². The zero-order valence-electron chi connectivity index (χ0n) is 24.6. The number of carbonyl (C=O) groups excluding carboxylic acids is 1. The molecule has 0 radical (unpaired) electrons. The molecule has 1 saturated heterocycles. The smallest absolute Gasteiger partial charge is 0.422 e. The Morgan fingerprint density at radius 1 is 1.13 bits per heavy atom. The Balaban J connectivity index is 1.43. The van der Waals surface area contributed by atoms with Gasteiger partial charge in [-0.1, -0.05) is 31.2 Å². The summed E-state index contributed by atoms with van der Waals surface area (Å²) in [5.74, 6) is -2.65. The maximum absolute atomic E-state index is 13.8. The van der Waals surface area contributed by atoms with E-state index < -0.39 is 24.7 Å². The van der Waals surface area contributed by atoms with Crippen molar-refractivity contribution in [2.75, 3.05) is 30.3 Å². The second-order valence-corrected chi connectivity index (χ2v) is 11.2. The predicted molar refractivity (Wildman–Crippen MR) is 170 cm³/mol. The molecule has 0 spiro atoms. The topological polar surface area (TPSA) is 99.6 Å². The molecule has 15 heteroatoms. The van der Waals surface area contributed by atoms with Gasteiger partial charge in [0.25, 0.3) is 11.9 Å². The Kier molecular flexibility index (Phi) is 11.8. The van der Waals surface area contributed by atoms with E-state index in [-0.39, 0.29) is 36.0 Å². The molecule has 4 rings (SSSR count). The summed E-state index contributed by atoms with van der Waals surface area (Å²) in [4.78, 5) is 22.7. The van der Waals surface area contributed by atoms with Gasteiger partial charge >= 0.3 is 6.18 Å². The number of benzene rings is 2. The monoisotopic (exact) mass is 748 g/mol. The summed E-state index contributed by atoms with van der Waals surface area (Å²) in [6, 6.07) is 12.5. The fourth-order valence-electron chi connectivity index (χ4n) is 4.72. The molecular weight excluding hydrogens is 714 g/mol. The van der Waals surface area contributed by atoms with Gasteiger partial charge in [0.05, 0.1) is 6.04 Å². The van der Waals surface area contributed by atoms with Crippen LogP contribution in [0.4, 0.5) is 33.3 Å². The first-order chi connectivity index (χ1) is 21.3. The molecule has 0 aromatic heterocycles. The van der Waals surface area contributed by atoms with Gasteiger partial charge in [0.2, 0.25) is 5.91 Å².